The normalized spacial score (nSPS) is 29.7. The summed E-state index contributed by atoms with van der Waals surface area (Å²) in [5, 5.41) is 14.9. The molecule has 3 heterocycles. The minimum absolute atomic E-state index is 0.102. The first kappa shape index (κ1) is 12.0. The summed E-state index contributed by atoms with van der Waals surface area (Å²) < 4.78 is 11.0. The molecule has 0 aliphatic carbocycles. The van der Waals surface area contributed by atoms with E-state index < -0.39 is 0 Å². The maximum atomic E-state index is 9.20. The minimum Gasteiger partial charge on any atom is -0.463 e. The largest absolute Gasteiger partial charge is 0.463 e. The Bertz CT molecular complexity index is 545. The van der Waals surface area contributed by atoms with E-state index in [2.05, 4.69) is 17.4 Å². The molecule has 0 radical (unpaired) electrons. The predicted molar refractivity (Wildman–Crippen MR) is 67.8 cm³/mol. The minimum atomic E-state index is 0.102. The third-order valence-electron chi connectivity index (χ3n) is 3.84. The van der Waals surface area contributed by atoms with Crippen molar-refractivity contribution in [3.05, 3.63) is 48.3 Å². The van der Waals surface area contributed by atoms with Crippen molar-refractivity contribution in [2.24, 2.45) is 11.1 Å². The van der Waals surface area contributed by atoms with Crippen LogP contribution in [0.3, 0.4) is 0 Å². The fraction of sp³-hybridized carbons (Fsp3) is 0.357. The first-order valence-electron chi connectivity index (χ1n) is 6.42. The van der Waals surface area contributed by atoms with Crippen LogP contribution in [0.25, 0.3) is 0 Å². The molecule has 0 saturated carbocycles. The van der Waals surface area contributed by atoms with E-state index >= 15 is 0 Å². The van der Waals surface area contributed by atoms with Crippen molar-refractivity contribution in [1.29, 1.82) is 0 Å². The average Bonchev–Trinajstić information content (AvgIpc) is 3.12. The van der Waals surface area contributed by atoms with Gasteiger partial charge in [0.05, 0.1) is 24.2 Å². The molecule has 0 spiro atoms. The fourth-order valence-corrected chi connectivity index (χ4v) is 2.76. The monoisotopic (exact) mass is 261 g/mol. The summed E-state index contributed by atoms with van der Waals surface area (Å²) >= 11 is 0. The van der Waals surface area contributed by atoms with Gasteiger partial charge in [-0.2, -0.15) is 0 Å². The van der Waals surface area contributed by atoms with Crippen LogP contribution in [0.15, 0.2) is 50.8 Å². The van der Waals surface area contributed by atoms with Crippen LogP contribution in [0.2, 0.25) is 0 Å². The van der Waals surface area contributed by atoms with Crippen molar-refractivity contribution in [2.45, 2.75) is 25.4 Å². The Morgan fingerprint density at radius 3 is 2.47 bits per heavy atom. The van der Waals surface area contributed by atoms with E-state index in [1.807, 2.05) is 24.3 Å². The van der Waals surface area contributed by atoms with Crippen molar-refractivity contribution in [3.63, 3.8) is 0 Å². The number of rotatable bonds is 2. The summed E-state index contributed by atoms with van der Waals surface area (Å²) in [5.41, 5.74) is 0.783. The molecule has 19 heavy (non-hydrogen) atoms. The Morgan fingerprint density at radius 1 is 1.21 bits per heavy atom. The third-order valence-corrected chi connectivity index (χ3v) is 3.84. The summed E-state index contributed by atoms with van der Waals surface area (Å²) in [7, 11) is 0. The van der Waals surface area contributed by atoms with E-state index in [-0.39, 0.29) is 18.0 Å². The zero-order chi connectivity index (χ0) is 13.2. The molecule has 5 heteroatoms. The van der Waals surface area contributed by atoms with Gasteiger partial charge in [0.1, 0.15) is 0 Å². The van der Waals surface area contributed by atoms with Crippen molar-refractivity contribution in [3.8, 4) is 0 Å². The van der Waals surface area contributed by atoms with Crippen LogP contribution in [0.5, 0.6) is 0 Å². The maximum Gasteiger partial charge on any atom is 0.161 e. The van der Waals surface area contributed by atoms with Crippen LogP contribution in [0.1, 0.15) is 36.9 Å². The van der Waals surface area contributed by atoms with E-state index in [1.165, 1.54) is 0 Å². The van der Waals surface area contributed by atoms with Gasteiger partial charge in [0.25, 0.3) is 0 Å². The lowest BCUT2D eigenvalue weighted by Crippen LogP contribution is -2.89. The Labute approximate surface area is 110 Å². The van der Waals surface area contributed by atoms with Gasteiger partial charge in [0.2, 0.25) is 0 Å². The molecule has 0 aromatic carbocycles. The molecule has 3 N–H and O–H groups in total. The molecule has 5 nitrogen and oxygen atoms in total. The summed E-state index contributed by atoms with van der Waals surface area (Å²) in [4.78, 5) is 0. The zero-order valence-electron chi connectivity index (χ0n) is 10.7. The Balaban J connectivity index is 1.91. The van der Waals surface area contributed by atoms with Crippen LogP contribution >= 0.6 is 0 Å². The molecular weight excluding hydrogens is 244 g/mol. The van der Waals surface area contributed by atoms with Gasteiger partial charge < -0.3 is 19.4 Å². The van der Waals surface area contributed by atoms with E-state index in [1.54, 1.807) is 12.5 Å². The highest BCUT2D eigenvalue weighted by molar-refractivity contribution is 5.87. The smallest absolute Gasteiger partial charge is 0.161 e. The van der Waals surface area contributed by atoms with E-state index in [4.69, 9.17) is 8.83 Å². The topological polar surface area (TPSA) is 75.5 Å². The van der Waals surface area contributed by atoms with E-state index in [9.17, 15) is 5.21 Å². The first-order valence-corrected chi connectivity index (χ1v) is 6.42. The van der Waals surface area contributed by atoms with Crippen LogP contribution in [-0.2, 0) is 0 Å². The van der Waals surface area contributed by atoms with Crippen molar-refractivity contribution in [1.82, 2.24) is 0 Å². The predicted octanol–water partition coefficient (Wildman–Crippen LogP) is 2.09. The number of hydrogen-bond acceptors (Lipinski definition) is 4. The van der Waals surface area contributed by atoms with Gasteiger partial charge in [-0.15, -0.1) is 0 Å². The molecule has 0 bridgehead atoms. The lowest BCUT2D eigenvalue weighted by Gasteiger charge is -2.30. The number of nitrogens with zero attached hydrogens (tertiary/aromatic N) is 1. The van der Waals surface area contributed by atoms with Crippen LogP contribution in [0, 0.1) is 5.92 Å². The standard InChI is InChI=1S/C14H16N2O3/c1-9-10(16-17)8-11(12-4-2-6-18-12)15-14(9)13-5-3-7-19-13/h2-7,9,11,14-15,17H,8H2,1H3/p+1/b16-10+/t9-,11-,14+/m0/s1. The van der Waals surface area contributed by atoms with Crippen molar-refractivity contribution in [2.75, 3.05) is 0 Å². The number of quaternary nitrogens is 1. The maximum absolute atomic E-state index is 9.20. The molecule has 1 aliphatic rings. The number of furan rings is 2. The molecule has 2 aromatic rings. The zero-order valence-corrected chi connectivity index (χ0v) is 10.7. The lowest BCUT2D eigenvalue weighted by atomic mass is 9.85. The van der Waals surface area contributed by atoms with Crippen LogP contribution in [0.4, 0.5) is 0 Å². The Hall–Kier alpha value is -2.01. The van der Waals surface area contributed by atoms with Gasteiger partial charge in [-0.1, -0.05) is 12.1 Å². The van der Waals surface area contributed by atoms with Crippen molar-refractivity contribution < 1.29 is 19.4 Å². The molecule has 3 rings (SSSR count). The average molecular weight is 261 g/mol. The first-order chi connectivity index (χ1) is 9.29. The van der Waals surface area contributed by atoms with Crippen molar-refractivity contribution >= 4 is 5.71 Å². The number of nitrogens with two attached hydrogens (primary N) is 1. The van der Waals surface area contributed by atoms with Gasteiger partial charge in [-0.3, -0.25) is 0 Å². The lowest BCUT2D eigenvalue weighted by molar-refractivity contribution is -0.745. The molecule has 0 amide bonds. The molecule has 1 fully saturated rings. The second-order valence-electron chi connectivity index (χ2n) is 4.94. The van der Waals surface area contributed by atoms with E-state index in [0.717, 1.165) is 17.2 Å². The highest BCUT2D eigenvalue weighted by Crippen LogP contribution is 2.29. The summed E-state index contributed by atoms with van der Waals surface area (Å²) in [6.07, 6.45) is 4.02. The third kappa shape index (κ3) is 2.17. The number of piperidine rings is 1. The highest BCUT2D eigenvalue weighted by atomic mass is 16.4. The molecule has 3 atom stereocenters. The van der Waals surface area contributed by atoms with Gasteiger partial charge in [0, 0.05) is 6.42 Å². The van der Waals surface area contributed by atoms with E-state index in [0.29, 0.717) is 6.42 Å². The number of oxime groups is 1. The number of hydrogen-bond donors (Lipinski definition) is 2. The van der Waals surface area contributed by atoms with Crippen LogP contribution in [-0.4, -0.2) is 10.9 Å². The Morgan fingerprint density at radius 2 is 1.89 bits per heavy atom. The van der Waals surface area contributed by atoms with Gasteiger partial charge >= 0.3 is 0 Å². The second kappa shape index (κ2) is 4.93. The summed E-state index contributed by atoms with van der Waals surface area (Å²) in [6, 6.07) is 7.88. The molecule has 1 saturated heterocycles. The van der Waals surface area contributed by atoms with Gasteiger partial charge in [-0.05, 0) is 24.3 Å². The van der Waals surface area contributed by atoms with Crippen LogP contribution < -0.4 is 5.32 Å². The summed E-state index contributed by atoms with van der Waals surface area (Å²) in [5.74, 6) is 1.91. The quantitative estimate of drug-likeness (QED) is 0.642. The molecule has 0 unspecified atom stereocenters. The molecular formula is C14H17N2O3+. The van der Waals surface area contributed by atoms with Gasteiger partial charge in [0.15, 0.2) is 23.6 Å². The highest BCUT2D eigenvalue weighted by Gasteiger charge is 2.40. The fourth-order valence-electron chi connectivity index (χ4n) is 2.76. The molecule has 1 aliphatic heterocycles. The SMILES string of the molecule is C[C@H]1/C(=N/O)C[C@@H](c2ccco2)[NH2+][C@H]1c1ccco1. The second-order valence-corrected chi connectivity index (χ2v) is 4.94. The van der Waals surface area contributed by atoms with Gasteiger partial charge in [-0.25, -0.2) is 0 Å². The molecule has 100 valence electrons. The molecule has 2 aromatic heterocycles. The Kier molecular flexibility index (Phi) is 3.13. The summed E-state index contributed by atoms with van der Waals surface area (Å²) in [6.45, 7) is 2.05.